The van der Waals surface area contributed by atoms with E-state index in [2.05, 4.69) is 19.8 Å². The lowest BCUT2D eigenvalue weighted by Gasteiger charge is -2.15. The van der Waals surface area contributed by atoms with E-state index in [0.717, 1.165) is 16.3 Å². The molecule has 128 valence electrons. The van der Waals surface area contributed by atoms with Crippen molar-refractivity contribution >= 4 is 22.2 Å². The van der Waals surface area contributed by atoms with E-state index in [9.17, 15) is 13.6 Å². The summed E-state index contributed by atoms with van der Waals surface area (Å²) in [6.07, 6.45) is -1.56. The first-order chi connectivity index (χ1) is 12.0. The van der Waals surface area contributed by atoms with Crippen LogP contribution in [-0.4, -0.2) is 21.6 Å². The molecule has 1 aromatic carbocycles. The van der Waals surface area contributed by atoms with Gasteiger partial charge in [0.25, 0.3) is 0 Å². The summed E-state index contributed by atoms with van der Waals surface area (Å²) in [4.78, 5) is 17.5. The van der Waals surface area contributed by atoms with Crippen LogP contribution in [0.1, 0.15) is 29.3 Å². The Morgan fingerprint density at radius 3 is 3.04 bits per heavy atom. The first kappa shape index (κ1) is 14.6. The predicted octanol–water partition coefficient (Wildman–Crippen LogP) is 2.87. The van der Waals surface area contributed by atoms with Crippen LogP contribution >= 0.6 is 11.3 Å². The lowest BCUT2D eigenvalue weighted by molar-refractivity contribution is -0.286. The molecule has 0 spiro atoms. The molecule has 0 saturated heterocycles. The molecule has 0 aliphatic carbocycles. The Kier molecular flexibility index (Phi) is 2.88. The van der Waals surface area contributed by atoms with Crippen LogP contribution in [0.25, 0.3) is 4.96 Å². The number of thiazole rings is 1. The van der Waals surface area contributed by atoms with Gasteiger partial charge in [0.2, 0.25) is 5.91 Å². The highest BCUT2D eigenvalue weighted by atomic mass is 32.1. The zero-order chi connectivity index (χ0) is 17.2. The second kappa shape index (κ2) is 4.92. The number of alkyl halides is 2. The predicted molar refractivity (Wildman–Crippen MR) is 84.0 cm³/mol. The maximum Gasteiger partial charge on any atom is 0.586 e. The number of amides is 1. The molecule has 5 rings (SSSR count). The van der Waals surface area contributed by atoms with Crippen LogP contribution in [-0.2, 0) is 11.3 Å². The molecule has 1 N–H and O–H groups in total. The minimum atomic E-state index is -3.66. The van der Waals surface area contributed by atoms with E-state index in [4.69, 9.17) is 0 Å². The Hall–Kier alpha value is -2.68. The van der Waals surface area contributed by atoms with Crippen molar-refractivity contribution in [3.05, 3.63) is 46.7 Å². The third kappa shape index (κ3) is 2.26. The summed E-state index contributed by atoms with van der Waals surface area (Å²) in [5, 5.41) is 4.75. The third-order valence-corrected chi connectivity index (χ3v) is 5.13. The topological polar surface area (TPSA) is 64.9 Å². The van der Waals surface area contributed by atoms with Gasteiger partial charge in [0.05, 0.1) is 17.9 Å². The number of hydrogen-bond acceptors (Lipinski definition) is 5. The number of halogens is 2. The fourth-order valence-electron chi connectivity index (χ4n) is 3.34. The first-order valence-corrected chi connectivity index (χ1v) is 8.49. The first-order valence-electron chi connectivity index (χ1n) is 7.61. The Bertz CT molecular complexity index is 1010. The molecule has 2 aromatic heterocycles. The molecule has 2 aliphatic heterocycles. The standard InChI is InChI=1S/C16H11F2N3O3S/c17-16(18)23-11-2-1-8(5-12(11)24-16)9-6-13(22)19-7-10-14(9)21-3-4-25-15(21)20-10/h1-5,9H,6-7H2,(H,19,22)/t9-/m1/s1. The average Bonchev–Trinajstić information content (AvgIpc) is 3.17. The van der Waals surface area contributed by atoms with Crippen LogP contribution in [0.3, 0.4) is 0 Å². The molecule has 3 aromatic rings. The number of ether oxygens (including phenoxy) is 2. The van der Waals surface area contributed by atoms with Gasteiger partial charge in [-0.3, -0.25) is 9.20 Å². The molecule has 0 bridgehead atoms. The lowest BCUT2D eigenvalue weighted by atomic mass is 9.91. The van der Waals surface area contributed by atoms with Crippen molar-refractivity contribution in [2.24, 2.45) is 0 Å². The van der Waals surface area contributed by atoms with Crippen molar-refractivity contribution in [1.82, 2.24) is 14.7 Å². The van der Waals surface area contributed by atoms with Crippen LogP contribution in [0.4, 0.5) is 8.78 Å². The number of hydrogen-bond donors (Lipinski definition) is 1. The smallest absolute Gasteiger partial charge is 0.395 e. The number of carbonyl (C=O) groups is 1. The highest BCUT2D eigenvalue weighted by Crippen LogP contribution is 2.44. The number of benzene rings is 1. The average molecular weight is 363 g/mol. The monoisotopic (exact) mass is 363 g/mol. The van der Waals surface area contributed by atoms with Gasteiger partial charge in [-0.05, 0) is 17.7 Å². The van der Waals surface area contributed by atoms with E-state index >= 15 is 0 Å². The number of fused-ring (bicyclic) bond motifs is 4. The van der Waals surface area contributed by atoms with Crippen LogP contribution in [0.2, 0.25) is 0 Å². The van der Waals surface area contributed by atoms with E-state index in [1.165, 1.54) is 23.5 Å². The van der Waals surface area contributed by atoms with Gasteiger partial charge in [-0.2, -0.15) is 0 Å². The van der Waals surface area contributed by atoms with Crippen molar-refractivity contribution < 1.29 is 23.0 Å². The van der Waals surface area contributed by atoms with Crippen molar-refractivity contribution in [2.45, 2.75) is 25.2 Å². The number of rotatable bonds is 1. The van der Waals surface area contributed by atoms with Gasteiger partial charge in [-0.1, -0.05) is 6.07 Å². The molecule has 25 heavy (non-hydrogen) atoms. The second-order valence-electron chi connectivity index (χ2n) is 5.91. The molecule has 1 atom stereocenters. The van der Waals surface area contributed by atoms with Gasteiger partial charge in [0, 0.05) is 23.9 Å². The van der Waals surface area contributed by atoms with Crippen molar-refractivity contribution in [2.75, 3.05) is 0 Å². The number of nitrogens with one attached hydrogen (secondary N) is 1. The maximum absolute atomic E-state index is 13.3. The zero-order valence-electron chi connectivity index (χ0n) is 12.7. The van der Waals surface area contributed by atoms with Gasteiger partial charge in [0.15, 0.2) is 16.5 Å². The quantitative estimate of drug-likeness (QED) is 0.722. The van der Waals surface area contributed by atoms with Gasteiger partial charge in [0.1, 0.15) is 0 Å². The Morgan fingerprint density at radius 1 is 1.32 bits per heavy atom. The minimum Gasteiger partial charge on any atom is -0.395 e. The maximum atomic E-state index is 13.3. The van der Waals surface area contributed by atoms with E-state index < -0.39 is 6.29 Å². The highest BCUT2D eigenvalue weighted by Gasteiger charge is 2.43. The van der Waals surface area contributed by atoms with E-state index in [1.807, 2.05) is 16.0 Å². The van der Waals surface area contributed by atoms with Gasteiger partial charge < -0.3 is 14.8 Å². The third-order valence-electron chi connectivity index (χ3n) is 4.38. The minimum absolute atomic E-state index is 0.0130. The van der Waals surface area contributed by atoms with Crippen LogP contribution in [0, 0.1) is 0 Å². The molecule has 0 unspecified atom stereocenters. The molecule has 4 heterocycles. The molecular weight excluding hydrogens is 352 g/mol. The molecule has 0 fully saturated rings. The van der Waals surface area contributed by atoms with E-state index in [1.54, 1.807) is 6.07 Å². The molecule has 9 heteroatoms. The fraction of sp³-hybridized carbons (Fsp3) is 0.250. The molecule has 6 nitrogen and oxygen atoms in total. The summed E-state index contributed by atoms with van der Waals surface area (Å²) < 4.78 is 37.5. The Balaban J connectivity index is 1.65. The van der Waals surface area contributed by atoms with Gasteiger partial charge >= 0.3 is 6.29 Å². The Morgan fingerprint density at radius 2 is 2.16 bits per heavy atom. The summed E-state index contributed by atoms with van der Waals surface area (Å²) >= 11 is 1.50. The lowest BCUT2D eigenvalue weighted by Crippen LogP contribution is -2.25. The van der Waals surface area contributed by atoms with Crippen molar-refractivity contribution in [1.29, 1.82) is 0 Å². The number of imidazole rings is 1. The molecule has 0 saturated carbocycles. The van der Waals surface area contributed by atoms with Crippen LogP contribution in [0.5, 0.6) is 11.5 Å². The number of nitrogens with zero attached hydrogens (tertiary/aromatic N) is 2. The largest absolute Gasteiger partial charge is 0.586 e. The second-order valence-corrected chi connectivity index (χ2v) is 6.78. The summed E-state index contributed by atoms with van der Waals surface area (Å²) in [7, 11) is 0. The highest BCUT2D eigenvalue weighted by molar-refractivity contribution is 7.15. The normalized spacial score (nSPS) is 21.0. The van der Waals surface area contributed by atoms with Crippen molar-refractivity contribution in [3.8, 4) is 11.5 Å². The van der Waals surface area contributed by atoms with Gasteiger partial charge in [-0.25, -0.2) is 4.98 Å². The van der Waals surface area contributed by atoms with Crippen LogP contribution in [0.15, 0.2) is 29.8 Å². The summed E-state index contributed by atoms with van der Waals surface area (Å²) in [6.45, 7) is 0.349. The SMILES string of the molecule is O=C1C[C@H](c2ccc3c(c2)OC(F)(F)O3)c2c(nc3sccn23)CN1. The zero-order valence-corrected chi connectivity index (χ0v) is 13.5. The molecule has 2 aliphatic rings. The van der Waals surface area contributed by atoms with E-state index in [-0.39, 0.29) is 29.7 Å². The summed E-state index contributed by atoms with van der Waals surface area (Å²) in [5.74, 6) is -0.471. The summed E-state index contributed by atoms with van der Waals surface area (Å²) in [6, 6.07) is 4.64. The van der Waals surface area contributed by atoms with E-state index in [0.29, 0.717) is 12.1 Å². The van der Waals surface area contributed by atoms with Crippen LogP contribution < -0.4 is 14.8 Å². The number of aromatic nitrogens is 2. The fourth-order valence-corrected chi connectivity index (χ4v) is 4.08. The molecule has 1 amide bonds. The van der Waals surface area contributed by atoms with Gasteiger partial charge in [-0.15, -0.1) is 20.1 Å². The Labute approximate surface area is 144 Å². The molecular formula is C16H11F2N3O3S. The number of carbonyl (C=O) groups excluding carboxylic acids is 1. The van der Waals surface area contributed by atoms with Crippen molar-refractivity contribution in [3.63, 3.8) is 0 Å². The summed E-state index contributed by atoms with van der Waals surface area (Å²) in [5.41, 5.74) is 2.37. The molecule has 0 radical (unpaired) electrons.